The molecule has 2 heterocycles. The third-order valence-electron chi connectivity index (χ3n) is 10.0. The predicted molar refractivity (Wildman–Crippen MR) is 156 cm³/mol. The molecular formula is C32H37N3O8. The Morgan fingerprint density at radius 1 is 1.09 bits per heavy atom. The number of nitrogens with two attached hydrogens (primary N) is 1. The number of likely N-dealkylation sites (N-methyl/N-ethyl adjacent to an activating group) is 1. The number of Topliss-reactive ketones (excluding diaryl/α,β-unsaturated/α-hetero) is 2. The summed E-state index contributed by atoms with van der Waals surface area (Å²) in [6.45, 7) is 5.96. The van der Waals surface area contributed by atoms with Crippen molar-refractivity contribution in [2.24, 2.45) is 16.6 Å². The number of benzene rings is 1. The maximum atomic E-state index is 14.4. The van der Waals surface area contributed by atoms with Crippen LogP contribution in [0.15, 0.2) is 45.6 Å². The highest BCUT2D eigenvalue weighted by Crippen LogP contribution is 2.63. The van der Waals surface area contributed by atoms with Crippen molar-refractivity contribution in [2.75, 3.05) is 27.2 Å². The summed E-state index contributed by atoms with van der Waals surface area (Å²) in [6.07, 6.45) is 2.40. The molecule has 11 nitrogen and oxygen atoms in total. The lowest BCUT2D eigenvalue weighted by molar-refractivity contribution is -0.175. The number of phenolic OH excluding ortho intramolecular Hbond substituents is 1. The molecule has 6 rings (SSSR count). The van der Waals surface area contributed by atoms with Crippen LogP contribution in [0.4, 0.5) is 0 Å². The highest BCUT2D eigenvalue weighted by molar-refractivity contribution is 6.25. The molecule has 1 saturated carbocycles. The number of nitrogens with zero attached hydrogens (tertiary/aromatic N) is 2. The van der Waals surface area contributed by atoms with Crippen LogP contribution in [0.2, 0.25) is 0 Å². The fraction of sp³-hybridized carbons (Fsp3) is 0.469. The van der Waals surface area contributed by atoms with Crippen LogP contribution >= 0.6 is 0 Å². The van der Waals surface area contributed by atoms with Gasteiger partial charge in [0.05, 0.1) is 18.2 Å². The van der Waals surface area contributed by atoms with Crippen molar-refractivity contribution in [2.45, 2.75) is 57.7 Å². The molecule has 0 spiro atoms. The first-order valence-electron chi connectivity index (χ1n) is 14.5. The van der Waals surface area contributed by atoms with Crippen molar-refractivity contribution in [3.05, 3.63) is 58.1 Å². The van der Waals surface area contributed by atoms with Gasteiger partial charge in [0.25, 0.3) is 5.91 Å². The highest BCUT2D eigenvalue weighted by Gasteiger charge is 2.72. The molecule has 228 valence electrons. The number of phenols is 1. The molecule has 2 fully saturated rings. The summed E-state index contributed by atoms with van der Waals surface area (Å²) < 4.78 is 6.23. The maximum Gasteiger partial charge on any atom is 0.255 e. The number of hydrogen-bond acceptors (Lipinski definition) is 10. The molecule has 1 aromatic carbocycles. The Balaban J connectivity index is 1.53. The summed E-state index contributed by atoms with van der Waals surface area (Å²) in [4.78, 5) is 44.1. The smallest absolute Gasteiger partial charge is 0.255 e. The third kappa shape index (κ3) is 3.87. The number of furan rings is 1. The van der Waals surface area contributed by atoms with Gasteiger partial charge in [-0.15, -0.1) is 0 Å². The average molecular weight is 592 g/mol. The summed E-state index contributed by atoms with van der Waals surface area (Å²) in [5.74, 6) is -3.74. The lowest BCUT2D eigenvalue weighted by Crippen LogP contribution is -2.72. The van der Waals surface area contributed by atoms with Crippen LogP contribution in [-0.2, 0) is 27.3 Å². The minimum absolute atomic E-state index is 0.0256. The van der Waals surface area contributed by atoms with Gasteiger partial charge in [-0.05, 0) is 82.7 Å². The van der Waals surface area contributed by atoms with Crippen LogP contribution in [-0.4, -0.2) is 86.5 Å². The SMILES string of the molecule is CN(C)[C@@H]1C(=O)C(C(N)=O)=C(O)[C@@]2(O)C(=O)C3=C(O)c4c(O)ccc(-c5ccc(CN6CCCC6)o5)c4C[C@@]3(C)C[C@@]12C. The second kappa shape index (κ2) is 9.54. The number of amides is 1. The normalized spacial score (nSPS) is 31.0. The molecule has 1 saturated heterocycles. The Morgan fingerprint density at radius 3 is 2.40 bits per heavy atom. The Kier molecular flexibility index (Phi) is 6.47. The number of rotatable bonds is 5. The van der Waals surface area contributed by atoms with E-state index < -0.39 is 57.0 Å². The summed E-state index contributed by atoms with van der Waals surface area (Å²) in [5.41, 5.74) is 0.0657. The molecule has 0 bridgehead atoms. The van der Waals surface area contributed by atoms with E-state index in [1.807, 2.05) is 12.1 Å². The minimum Gasteiger partial charge on any atom is -0.508 e. The van der Waals surface area contributed by atoms with Crippen LogP contribution in [0.3, 0.4) is 0 Å². The van der Waals surface area contributed by atoms with Crippen molar-refractivity contribution < 1.29 is 39.2 Å². The lowest BCUT2D eigenvalue weighted by Gasteiger charge is -2.59. The highest BCUT2D eigenvalue weighted by atomic mass is 16.4. The predicted octanol–water partition coefficient (Wildman–Crippen LogP) is 2.60. The first kappa shape index (κ1) is 29.2. The van der Waals surface area contributed by atoms with Crippen LogP contribution in [0.1, 0.15) is 50.0 Å². The molecule has 0 radical (unpaired) electrons. The maximum absolute atomic E-state index is 14.4. The monoisotopic (exact) mass is 591 g/mol. The summed E-state index contributed by atoms with van der Waals surface area (Å²) in [6, 6.07) is 5.66. The number of primary amides is 1. The quantitative estimate of drug-likeness (QED) is 0.325. The molecule has 1 aliphatic heterocycles. The van der Waals surface area contributed by atoms with E-state index in [2.05, 4.69) is 4.90 Å². The van der Waals surface area contributed by atoms with Gasteiger partial charge in [-0.3, -0.25) is 24.2 Å². The van der Waals surface area contributed by atoms with Gasteiger partial charge in [-0.1, -0.05) is 13.8 Å². The van der Waals surface area contributed by atoms with Crippen LogP contribution in [0.5, 0.6) is 5.75 Å². The zero-order valence-electron chi connectivity index (χ0n) is 24.7. The molecule has 43 heavy (non-hydrogen) atoms. The summed E-state index contributed by atoms with van der Waals surface area (Å²) in [5, 5.41) is 46.0. The molecule has 11 heteroatoms. The Labute approximate surface area is 248 Å². The van der Waals surface area contributed by atoms with Gasteiger partial charge >= 0.3 is 0 Å². The molecular weight excluding hydrogens is 554 g/mol. The molecule has 2 aromatic rings. The van der Waals surface area contributed by atoms with Gasteiger partial charge in [0, 0.05) is 22.0 Å². The number of carbonyl (C=O) groups is 3. The fourth-order valence-electron chi connectivity index (χ4n) is 8.32. The van der Waals surface area contributed by atoms with E-state index in [1.165, 1.54) is 17.9 Å². The van der Waals surface area contributed by atoms with E-state index in [0.29, 0.717) is 23.4 Å². The van der Waals surface area contributed by atoms with Gasteiger partial charge < -0.3 is 30.6 Å². The molecule has 4 atom stereocenters. The number of likely N-dealkylation sites (tertiary alicyclic amines) is 1. The summed E-state index contributed by atoms with van der Waals surface area (Å²) >= 11 is 0. The van der Waals surface area contributed by atoms with Crippen molar-refractivity contribution in [3.63, 3.8) is 0 Å². The number of hydrogen-bond donors (Lipinski definition) is 5. The molecule has 4 aliphatic rings. The van der Waals surface area contributed by atoms with Crippen LogP contribution in [0, 0.1) is 10.8 Å². The third-order valence-corrected chi connectivity index (χ3v) is 10.0. The van der Waals surface area contributed by atoms with Crippen LogP contribution in [0.25, 0.3) is 17.1 Å². The first-order valence-corrected chi connectivity index (χ1v) is 14.5. The molecule has 0 unspecified atom stereocenters. The van der Waals surface area contributed by atoms with Crippen LogP contribution < -0.4 is 5.73 Å². The molecule has 6 N–H and O–H groups in total. The fourth-order valence-corrected chi connectivity index (χ4v) is 8.32. The Hall–Kier alpha value is -3.93. The topological polar surface area (TPSA) is 178 Å². The summed E-state index contributed by atoms with van der Waals surface area (Å²) in [7, 11) is 3.15. The van der Waals surface area contributed by atoms with Gasteiger partial charge in [0.2, 0.25) is 5.78 Å². The zero-order chi connectivity index (χ0) is 31.2. The molecule has 1 aromatic heterocycles. The number of aliphatic hydroxyl groups excluding tert-OH is 2. The van der Waals surface area contributed by atoms with Gasteiger partial charge in [0.15, 0.2) is 11.4 Å². The van der Waals surface area contributed by atoms with Crippen molar-refractivity contribution in [1.29, 1.82) is 0 Å². The van der Waals surface area contributed by atoms with E-state index in [9.17, 15) is 34.8 Å². The zero-order valence-corrected chi connectivity index (χ0v) is 24.7. The van der Waals surface area contributed by atoms with E-state index in [0.717, 1.165) is 31.7 Å². The average Bonchev–Trinajstić information content (AvgIpc) is 3.58. The second-order valence-electron chi connectivity index (χ2n) is 13.1. The van der Waals surface area contributed by atoms with Crippen molar-refractivity contribution in [3.8, 4) is 17.1 Å². The molecule has 3 aliphatic carbocycles. The standard InChI is InChI=1S/C32H37N3O8/c1-30-13-18-17(20-10-7-16(43-20)14-35-11-5-6-12-35)8-9-19(36)21(18)24(37)23(30)28(40)32(42)27(39)22(29(33)41)25(38)26(34(3)4)31(32,2)15-30/h7-10,26,36-37,39,42H,5-6,11-15H2,1-4H3,(H2,33,41)/t26-,30+,31+,32-/m1/s1. The van der Waals surface area contributed by atoms with E-state index in [1.54, 1.807) is 27.1 Å². The first-order chi connectivity index (χ1) is 20.2. The van der Waals surface area contributed by atoms with Gasteiger partial charge in [-0.25, -0.2) is 0 Å². The number of ketones is 2. The van der Waals surface area contributed by atoms with Gasteiger partial charge in [-0.2, -0.15) is 0 Å². The minimum atomic E-state index is -2.75. The number of fused-ring (bicyclic) bond motifs is 3. The van der Waals surface area contributed by atoms with E-state index >= 15 is 0 Å². The van der Waals surface area contributed by atoms with E-state index in [-0.39, 0.29) is 29.7 Å². The largest absolute Gasteiger partial charge is 0.508 e. The number of carbonyl (C=O) groups excluding carboxylic acids is 3. The Bertz CT molecular complexity index is 1650. The molecule has 1 amide bonds. The lowest BCUT2D eigenvalue weighted by atomic mass is 9.46. The number of aliphatic hydroxyl groups is 3. The van der Waals surface area contributed by atoms with Crippen molar-refractivity contribution >= 4 is 23.2 Å². The Morgan fingerprint density at radius 2 is 1.77 bits per heavy atom. The van der Waals surface area contributed by atoms with E-state index in [4.69, 9.17) is 10.2 Å². The van der Waals surface area contributed by atoms with Crippen molar-refractivity contribution in [1.82, 2.24) is 9.80 Å². The second-order valence-corrected chi connectivity index (χ2v) is 13.1. The van der Waals surface area contributed by atoms with Gasteiger partial charge in [0.1, 0.15) is 34.4 Å². The number of aromatic hydroxyl groups is 1.